The number of hydrogen-bond donors (Lipinski definition) is 0. The Morgan fingerprint density at radius 3 is 2.19 bits per heavy atom. The first-order valence-electron chi connectivity index (χ1n) is 5.66. The number of carbonyl (C=O) groups excluding carboxylic acids is 2. The zero-order chi connectivity index (χ0) is 11.5. The van der Waals surface area contributed by atoms with E-state index < -0.39 is 0 Å². The van der Waals surface area contributed by atoms with E-state index >= 15 is 0 Å². The molecule has 1 saturated heterocycles. The van der Waals surface area contributed by atoms with Gasteiger partial charge in [0.25, 0.3) is 0 Å². The zero-order valence-corrected chi connectivity index (χ0v) is 9.19. The third-order valence-electron chi connectivity index (χ3n) is 3.10. The second kappa shape index (κ2) is 4.52. The summed E-state index contributed by atoms with van der Waals surface area (Å²) in [6.45, 7) is 2.37. The van der Waals surface area contributed by atoms with E-state index in [9.17, 15) is 9.59 Å². The molecule has 0 aromatic heterocycles. The molecule has 0 radical (unpaired) electrons. The lowest BCUT2D eigenvalue weighted by atomic mass is 10.2. The first-order chi connectivity index (χ1) is 7.72. The molecular formula is C11H15N3O2. The Bertz CT molecular complexity index is 336. The van der Waals surface area contributed by atoms with Crippen LogP contribution in [0.4, 0.5) is 0 Å². The van der Waals surface area contributed by atoms with Crippen molar-refractivity contribution >= 4 is 11.8 Å². The normalized spacial score (nSPS) is 20.4. The molecule has 0 N–H and O–H groups in total. The number of nitrogens with zero attached hydrogens (tertiary/aromatic N) is 3. The van der Waals surface area contributed by atoms with Gasteiger partial charge in [0.15, 0.2) is 0 Å². The van der Waals surface area contributed by atoms with Gasteiger partial charge < -0.3 is 9.80 Å². The van der Waals surface area contributed by atoms with E-state index in [1.807, 2.05) is 11.0 Å². The minimum Gasteiger partial charge on any atom is -0.339 e. The summed E-state index contributed by atoms with van der Waals surface area (Å²) in [5, 5.41) is 8.43. The summed E-state index contributed by atoms with van der Waals surface area (Å²) in [7, 11) is 0. The summed E-state index contributed by atoms with van der Waals surface area (Å²) >= 11 is 0. The van der Waals surface area contributed by atoms with Crippen LogP contribution in [0.1, 0.15) is 19.3 Å². The lowest BCUT2D eigenvalue weighted by Crippen LogP contribution is -2.50. The van der Waals surface area contributed by atoms with Crippen LogP contribution in [0.15, 0.2) is 0 Å². The second-order valence-electron chi connectivity index (χ2n) is 4.32. The van der Waals surface area contributed by atoms with Crippen LogP contribution in [-0.4, -0.2) is 47.8 Å². The van der Waals surface area contributed by atoms with Gasteiger partial charge in [-0.05, 0) is 12.8 Å². The van der Waals surface area contributed by atoms with Gasteiger partial charge in [0.2, 0.25) is 11.8 Å². The van der Waals surface area contributed by atoms with Crippen LogP contribution < -0.4 is 0 Å². The quantitative estimate of drug-likeness (QED) is 0.658. The maximum absolute atomic E-state index is 11.7. The second-order valence-corrected chi connectivity index (χ2v) is 4.32. The number of nitriles is 1. The maximum Gasteiger partial charge on any atom is 0.236 e. The van der Waals surface area contributed by atoms with E-state index in [1.165, 1.54) is 0 Å². The van der Waals surface area contributed by atoms with Gasteiger partial charge >= 0.3 is 0 Å². The maximum atomic E-state index is 11.7. The van der Waals surface area contributed by atoms with Crippen LogP contribution in [0.3, 0.4) is 0 Å². The standard InChI is InChI=1S/C11H15N3O2/c12-4-3-10(15)13-5-7-14(8-6-13)11(16)9-1-2-9/h9H,1-3,5-8H2. The van der Waals surface area contributed by atoms with E-state index in [2.05, 4.69) is 0 Å². The number of carbonyl (C=O) groups is 2. The fourth-order valence-corrected chi connectivity index (χ4v) is 1.94. The van der Waals surface area contributed by atoms with Crippen LogP contribution in [0.25, 0.3) is 0 Å². The first kappa shape index (κ1) is 10.9. The Morgan fingerprint density at radius 1 is 1.12 bits per heavy atom. The van der Waals surface area contributed by atoms with Crippen LogP contribution in [0, 0.1) is 17.2 Å². The molecule has 86 valence electrons. The molecule has 1 aliphatic heterocycles. The van der Waals surface area contributed by atoms with Gasteiger partial charge in [-0.2, -0.15) is 5.26 Å². The lowest BCUT2D eigenvalue weighted by Gasteiger charge is -2.34. The average Bonchev–Trinajstić information content (AvgIpc) is 3.12. The molecule has 1 heterocycles. The highest BCUT2D eigenvalue weighted by atomic mass is 16.2. The molecule has 0 bridgehead atoms. The third kappa shape index (κ3) is 2.32. The largest absolute Gasteiger partial charge is 0.339 e. The van der Waals surface area contributed by atoms with E-state index in [0.717, 1.165) is 12.8 Å². The van der Waals surface area contributed by atoms with Crippen LogP contribution in [-0.2, 0) is 9.59 Å². The summed E-state index contributed by atoms with van der Waals surface area (Å²) in [6, 6.07) is 1.86. The van der Waals surface area contributed by atoms with Gasteiger partial charge in [0.05, 0.1) is 6.07 Å². The summed E-state index contributed by atoms with van der Waals surface area (Å²) in [5.41, 5.74) is 0. The fraction of sp³-hybridized carbons (Fsp3) is 0.727. The summed E-state index contributed by atoms with van der Waals surface area (Å²) in [5.74, 6) is 0.370. The summed E-state index contributed by atoms with van der Waals surface area (Å²) in [4.78, 5) is 26.7. The highest BCUT2D eigenvalue weighted by molar-refractivity contribution is 5.82. The van der Waals surface area contributed by atoms with Gasteiger partial charge in [-0.25, -0.2) is 0 Å². The van der Waals surface area contributed by atoms with Crippen LogP contribution in [0.5, 0.6) is 0 Å². The molecule has 2 fully saturated rings. The van der Waals surface area contributed by atoms with Crippen molar-refractivity contribution < 1.29 is 9.59 Å². The van der Waals surface area contributed by atoms with E-state index in [0.29, 0.717) is 26.2 Å². The topological polar surface area (TPSA) is 64.4 Å². The van der Waals surface area contributed by atoms with E-state index in [4.69, 9.17) is 5.26 Å². The number of hydrogen-bond acceptors (Lipinski definition) is 3. The molecule has 2 amide bonds. The molecule has 0 aromatic rings. The molecule has 16 heavy (non-hydrogen) atoms. The number of amides is 2. The predicted molar refractivity (Wildman–Crippen MR) is 56.1 cm³/mol. The molecule has 2 aliphatic rings. The predicted octanol–water partition coefficient (Wildman–Crippen LogP) is -0.0191. The van der Waals surface area contributed by atoms with Crippen molar-refractivity contribution in [3.8, 4) is 6.07 Å². The minimum absolute atomic E-state index is 0.0590. The lowest BCUT2D eigenvalue weighted by molar-refractivity contribution is -0.139. The van der Waals surface area contributed by atoms with Crippen molar-refractivity contribution in [2.45, 2.75) is 19.3 Å². The highest BCUT2D eigenvalue weighted by Crippen LogP contribution is 2.31. The SMILES string of the molecule is N#CCC(=O)N1CCN(C(=O)C2CC2)CC1. The van der Waals surface area contributed by atoms with E-state index in [1.54, 1.807) is 4.90 Å². The Hall–Kier alpha value is -1.57. The van der Waals surface area contributed by atoms with Gasteiger partial charge in [-0.3, -0.25) is 9.59 Å². The number of rotatable bonds is 2. The van der Waals surface area contributed by atoms with Crippen molar-refractivity contribution in [2.24, 2.45) is 5.92 Å². The molecule has 0 unspecified atom stereocenters. The van der Waals surface area contributed by atoms with Crippen molar-refractivity contribution in [1.29, 1.82) is 5.26 Å². The first-order valence-corrected chi connectivity index (χ1v) is 5.66. The summed E-state index contributed by atoms with van der Waals surface area (Å²) in [6.07, 6.45) is 1.98. The molecule has 2 rings (SSSR count). The van der Waals surface area contributed by atoms with Crippen molar-refractivity contribution in [2.75, 3.05) is 26.2 Å². The Kier molecular flexibility index (Phi) is 3.09. The molecule has 0 spiro atoms. The zero-order valence-electron chi connectivity index (χ0n) is 9.19. The molecule has 0 atom stereocenters. The van der Waals surface area contributed by atoms with Crippen molar-refractivity contribution in [3.05, 3.63) is 0 Å². The van der Waals surface area contributed by atoms with Gasteiger partial charge in [0.1, 0.15) is 6.42 Å². The van der Waals surface area contributed by atoms with Crippen LogP contribution >= 0.6 is 0 Å². The summed E-state index contributed by atoms with van der Waals surface area (Å²) < 4.78 is 0. The highest BCUT2D eigenvalue weighted by Gasteiger charge is 2.34. The average molecular weight is 221 g/mol. The molecular weight excluding hydrogens is 206 g/mol. The molecule has 5 nitrogen and oxygen atoms in total. The molecule has 1 aliphatic carbocycles. The van der Waals surface area contributed by atoms with E-state index in [-0.39, 0.29) is 24.2 Å². The fourth-order valence-electron chi connectivity index (χ4n) is 1.94. The Balaban J connectivity index is 1.80. The number of piperazine rings is 1. The third-order valence-corrected chi connectivity index (χ3v) is 3.10. The van der Waals surface area contributed by atoms with Gasteiger partial charge in [-0.15, -0.1) is 0 Å². The van der Waals surface area contributed by atoms with Crippen molar-refractivity contribution in [3.63, 3.8) is 0 Å². The smallest absolute Gasteiger partial charge is 0.236 e. The monoisotopic (exact) mass is 221 g/mol. The minimum atomic E-state index is -0.124. The van der Waals surface area contributed by atoms with Gasteiger partial charge in [0, 0.05) is 32.1 Å². The Labute approximate surface area is 94.6 Å². The molecule has 1 saturated carbocycles. The van der Waals surface area contributed by atoms with Gasteiger partial charge in [-0.1, -0.05) is 0 Å². The van der Waals surface area contributed by atoms with Crippen molar-refractivity contribution in [1.82, 2.24) is 9.80 Å². The molecule has 0 aromatic carbocycles. The van der Waals surface area contributed by atoms with Crippen LogP contribution in [0.2, 0.25) is 0 Å². The molecule has 5 heteroatoms. The Morgan fingerprint density at radius 2 is 1.69 bits per heavy atom.